The molecule has 0 N–H and O–H groups in total. The highest BCUT2D eigenvalue weighted by molar-refractivity contribution is 5.69. The molecule has 0 radical (unpaired) electrons. The predicted octanol–water partition coefficient (Wildman–Crippen LogP) is 2.41. The number of ether oxygens (including phenoxy) is 1. The van der Waals surface area contributed by atoms with E-state index in [2.05, 4.69) is 11.1 Å². The summed E-state index contributed by atoms with van der Waals surface area (Å²) in [5.41, 5.74) is 3.05. The molecule has 0 aromatic heterocycles. The minimum absolute atomic E-state index is 0.561. The van der Waals surface area contributed by atoms with Crippen molar-refractivity contribution in [1.29, 1.82) is 5.26 Å². The van der Waals surface area contributed by atoms with Crippen LogP contribution in [0.25, 0.3) is 0 Å². The lowest BCUT2D eigenvalue weighted by atomic mass is 10.0. The second kappa shape index (κ2) is 5.35. The van der Waals surface area contributed by atoms with Crippen molar-refractivity contribution >= 4 is 12.0 Å². The molecule has 0 heterocycles. The molecule has 90 valence electrons. The van der Waals surface area contributed by atoms with Crippen molar-refractivity contribution < 1.29 is 4.74 Å². The third kappa shape index (κ3) is 2.76. The van der Waals surface area contributed by atoms with Crippen molar-refractivity contribution in [2.45, 2.75) is 13.8 Å². The maximum atomic E-state index is 9.18. The fourth-order valence-electron chi connectivity index (χ4n) is 1.68. The predicted molar refractivity (Wildman–Crippen MR) is 69.0 cm³/mol. The third-order valence-electron chi connectivity index (χ3n) is 2.43. The van der Waals surface area contributed by atoms with E-state index in [0.717, 1.165) is 16.9 Å². The Morgan fingerprint density at radius 2 is 2.06 bits per heavy atom. The maximum Gasteiger partial charge on any atom is 0.126 e. The summed E-state index contributed by atoms with van der Waals surface area (Å²) in [5.74, 6) is 0.755. The van der Waals surface area contributed by atoms with Gasteiger partial charge in [0.15, 0.2) is 0 Å². The summed E-state index contributed by atoms with van der Waals surface area (Å²) in [6, 6.07) is 4.04. The summed E-state index contributed by atoms with van der Waals surface area (Å²) < 4.78 is 5.29. The Hall–Kier alpha value is -2.02. The molecule has 1 aromatic carbocycles. The number of rotatable bonds is 3. The zero-order valence-corrected chi connectivity index (χ0v) is 10.9. The summed E-state index contributed by atoms with van der Waals surface area (Å²) in [5, 5.41) is 9.18. The number of hydrogen-bond acceptors (Lipinski definition) is 3. The van der Waals surface area contributed by atoms with Gasteiger partial charge in [0, 0.05) is 19.7 Å². The monoisotopic (exact) mass is 231 g/mol. The molecule has 1 rings (SSSR count). The Bertz CT molecular complexity index is 484. The molecule has 4 heteroatoms. The molecule has 0 fully saturated rings. The lowest BCUT2D eigenvalue weighted by Crippen LogP contribution is -2.07. The molecule has 1 aromatic rings. The smallest absolute Gasteiger partial charge is 0.126 e. The van der Waals surface area contributed by atoms with E-state index in [0.29, 0.717) is 11.3 Å². The van der Waals surface area contributed by atoms with Crippen LogP contribution < -0.4 is 4.74 Å². The Morgan fingerprint density at radius 1 is 1.41 bits per heavy atom. The number of nitrogens with zero attached hydrogens (tertiary/aromatic N) is 3. The summed E-state index contributed by atoms with van der Waals surface area (Å²) >= 11 is 0. The molecule has 0 unspecified atom stereocenters. The molecule has 0 saturated heterocycles. The molecule has 0 saturated carbocycles. The zero-order chi connectivity index (χ0) is 13.0. The number of benzene rings is 1. The molecule has 0 aliphatic carbocycles. The first-order valence-electron chi connectivity index (χ1n) is 5.30. The average molecular weight is 231 g/mol. The topological polar surface area (TPSA) is 48.6 Å². The molecule has 0 aliphatic heterocycles. The largest absolute Gasteiger partial charge is 0.496 e. The van der Waals surface area contributed by atoms with Gasteiger partial charge in [-0.2, -0.15) is 5.26 Å². The van der Waals surface area contributed by atoms with Gasteiger partial charge < -0.3 is 9.64 Å². The normalized spacial score (nSPS) is 10.4. The van der Waals surface area contributed by atoms with Gasteiger partial charge in [-0.05, 0) is 25.5 Å². The molecule has 0 amide bonds. The summed E-state index contributed by atoms with van der Waals surface area (Å²) in [6.07, 6.45) is 1.68. The van der Waals surface area contributed by atoms with Gasteiger partial charge >= 0.3 is 0 Å². The summed E-state index contributed by atoms with van der Waals surface area (Å²) in [4.78, 5) is 6.13. The van der Waals surface area contributed by atoms with E-state index >= 15 is 0 Å². The van der Waals surface area contributed by atoms with Gasteiger partial charge in [-0.25, -0.2) is 4.99 Å². The Kier molecular flexibility index (Phi) is 4.11. The van der Waals surface area contributed by atoms with E-state index in [1.54, 1.807) is 13.4 Å². The third-order valence-corrected chi connectivity index (χ3v) is 2.43. The number of hydrogen-bond donors (Lipinski definition) is 0. The molecule has 0 spiro atoms. The van der Waals surface area contributed by atoms with E-state index in [-0.39, 0.29) is 0 Å². The quantitative estimate of drug-likeness (QED) is 0.593. The molecule has 4 nitrogen and oxygen atoms in total. The van der Waals surface area contributed by atoms with Crippen LogP contribution in [0.2, 0.25) is 0 Å². The molecule has 0 atom stereocenters. The van der Waals surface area contributed by atoms with Gasteiger partial charge in [-0.1, -0.05) is 0 Å². The van der Waals surface area contributed by atoms with Crippen LogP contribution in [0.1, 0.15) is 16.7 Å². The average Bonchev–Trinajstić information content (AvgIpc) is 2.26. The number of methoxy groups -OCH3 is 1. The fourth-order valence-corrected chi connectivity index (χ4v) is 1.68. The van der Waals surface area contributed by atoms with Crippen molar-refractivity contribution in [3.8, 4) is 11.8 Å². The summed E-state index contributed by atoms with van der Waals surface area (Å²) in [6.45, 7) is 3.82. The SMILES string of the molecule is COc1c(C)cc(N=CN(C)C)c(C#N)c1C. The van der Waals surface area contributed by atoms with Gasteiger partial charge in [-0.3, -0.25) is 0 Å². The minimum Gasteiger partial charge on any atom is -0.496 e. The number of aryl methyl sites for hydroxylation is 1. The highest BCUT2D eigenvalue weighted by Gasteiger charge is 2.12. The molecule has 17 heavy (non-hydrogen) atoms. The maximum absolute atomic E-state index is 9.18. The van der Waals surface area contributed by atoms with E-state index in [4.69, 9.17) is 4.74 Å². The van der Waals surface area contributed by atoms with E-state index in [1.807, 2.05) is 38.9 Å². The van der Waals surface area contributed by atoms with Crippen LogP contribution in [0.15, 0.2) is 11.1 Å². The lowest BCUT2D eigenvalue weighted by Gasteiger charge is -2.12. The van der Waals surface area contributed by atoms with Crippen molar-refractivity contribution in [2.75, 3.05) is 21.2 Å². The van der Waals surface area contributed by atoms with Crippen LogP contribution >= 0.6 is 0 Å². The first kappa shape index (κ1) is 13.0. The van der Waals surface area contributed by atoms with Crippen molar-refractivity contribution in [2.24, 2.45) is 4.99 Å². The van der Waals surface area contributed by atoms with Gasteiger partial charge in [0.25, 0.3) is 0 Å². The van der Waals surface area contributed by atoms with Gasteiger partial charge in [0.2, 0.25) is 0 Å². The second-order valence-corrected chi connectivity index (χ2v) is 4.07. The highest BCUT2D eigenvalue weighted by Crippen LogP contribution is 2.32. The van der Waals surface area contributed by atoms with Gasteiger partial charge in [-0.15, -0.1) is 0 Å². The van der Waals surface area contributed by atoms with Crippen LogP contribution in [0.4, 0.5) is 5.69 Å². The molecule has 0 aliphatic rings. The van der Waals surface area contributed by atoms with E-state index < -0.39 is 0 Å². The Balaban J connectivity index is 3.38. The van der Waals surface area contributed by atoms with Crippen LogP contribution in [0.5, 0.6) is 5.75 Å². The first-order chi connectivity index (χ1) is 8.01. The molecule has 0 bridgehead atoms. The number of aliphatic imine (C=N–C) groups is 1. The lowest BCUT2D eigenvalue weighted by molar-refractivity contribution is 0.408. The van der Waals surface area contributed by atoms with Crippen LogP contribution in [-0.2, 0) is 0 Å². The second-order valence-electron chi connectivity index (χ2n) is 4.07. The first-order valence-corrected chi connectivity index (χ1v) is 5.30. The van der Waals surface area contributed by atoms with Gasteiger partial charge in [0.05, 0.1) is 24.7 Å². The Labute approximate surface area is 102 Å². The van der Waals surface area contributed by atoms with Crippen LogP contribution in [0, 0.1) is 25.2 Å². The Morgan fingerprint density at radius 3 is 2.53 bits per heavy atom. The summed E-state index contributed by atoms with van der Waals surface area (Å²) in [7, 11) is 5.39. The highest BCUT2D eigenvalue weighted by atomic mass is 16.5. The van der Waals surface area contributed by atoms with Crippen molar-refractivity contribution in [1.82, 2.24) is 4.90 Å². The molecular formula is C13H17N3O. The molecular weight excluding hydrogens is 214 g/mol. The number of nitriles is 1. The van der Waals surface area contributed by atoms with E-state index in [1.165, 1.54) is 0 Å². The van der Waals surface area contributed by atoms with Crippen molar-refractivity contribution in [3.63, 3.8) is 0 Å². The van der Waals surface area contributed by atoms with E-state index in [9.17, 15) is 5.26 Å². The van der Waals surface area contributed by atoms with Gasteiger partial charge in [0.1, 0.15) is 11.8 Å². The fraction of sp³-hybridized carbons (Fsp3) is 0.385. The van der Waals surface area contributed by atoms with Crippen molar-refractivity contribution in [3.05, 3.63) is 22.8 Å². The minimum atomic E-state index is 0.561. The zero-order valence-electron chi connectivity index (χ0n) is 10.9. The van der Waals surface area contributed by atoms with Crippen LogP contribution in [0.3, 0.4) is 0 Å². The standard InChI is InChI=1S/C13H17N3O/c1-9-6-12(15-8-16(3)4)11(7-14)10(2)13(9)17-5/h6,8H,1-5H3. The van der Waals surface area contributed by atoms with Crippen LogP contribution in [-0.4, -0.2) is 32.4 Å².